The predicted octanol–water partition coefficient (Wildman–Crippen LogP) is 5.23. The smallest absolute Gasteiger partial charge is 0.146 e. The van der Waals surface area contributed by atoms with Crippen molar-refractivity contribution in [3.05, 3.63) is 45.4 Å². The van der Waals surface area contributed by atoms with Crippen molar-refractivity contribution in [1.82, 2.24) is 4.98 Å². The fourth-order valence-corrected chi connectivity index (χ4v) is 2.96. The van der Waals surface area contributed by atoms with Crippen LogP contribution in [-0.2, 0) is 0 Å². The average Bonchev–Trinajstić information content (AvgIpc) is 2.35. The van der Waals surface area contributed by atoms with Crippen LogP contribution < -0.4 is 5.32 Å². The first-order valence-electron chi connectivity index (χ1n) is 5.08. The van der Waals surface area contributed by atoms with Crippen molar-refractivity contribution in [2.75, 3.05) is 12.4 Å². The molecule has 2 rings (SSSR count). The number of aromatic nitrogens is 1. The van der Waals surface area contributed by atoms with Crippen molar-refractivity contribution < 1.29 is 0 Å². The van der Waals surface area contributed by atoms with Crippen molar-refractivity contribution in [1.29, 1.82) is 0 Å². The maximum Gasteiger partial charge on any atom is 0.146 e. The van der Waals surface area contributed by atoms with Crippen molar-refractivity contribution in [2.45, 2.75) is 9.92 Å². The van der Waals surface area contributed by atoms with E-state index in [1.165, 1.54) is 11.8 Å². The van der Waals surface area contributed by atoms with Gasteiger partial charge in [0.05, 0.1) is 15.1 Å². The number of anilines is 1. The zero-order valence-corrected chi connectivity index (χ0v) is 12.5. The lowest BCUT2D eigenvalue weighted by Gasteiger charge is -2.08. The fraction of sp³-hybridized carbons (Fsp3) is 0.0833. The summed E-state index contributed by atoms with van der Waals surface area (Å²) in [4.78, 5) is 5.26. The Morgan fingerprint density at radius 2 is 1.78 bits per heavy atom. The van der Waals surface area contributed by atoms with Gasteiger partial charge in [-0.1, -0.05) is 58.7 Å². The second-order valence-corrected chi connectivity index (χ2v) is 5.64. The van der Waals surface area contributed by atoms with Crippen LogP contribution in [0.3, 0.4) is 0 Å². The molecule has 18 heavy (non-hydrogen) atoms. The highest BCUT2D eigenvalue weighted by Crippen LogP contribution is 2.38. The first-order chi connectivity index (χ1) is 8.61. The van der Waals surface area contributed by atoms with Crippen molar-refractivity contribution in [2.24, 2.45) is 0 Å². The standard InChI is InChI=1S/C12H9Cl3N2S/c1-16-11-8(14)6-9(15)12(17-11)18-10-5-3-2-4-7(10)13/h2-6H,1H3,(H,16,17). The summed E-state index contributed by atoms with van der Waals surface area (Å²) >= 11 is 19.6. The molecule has 0 aliphatic rings. The number of rotatable bonds is 3. The van der Waals surface area contributed by atoms with Crippen LogP contribution in [0.15, 0.2) is 40.3 Å². The van der Waals surface area contributed by atoms with Crippen LogP contribution in [-0.4, -0.2) is 12.0 Å². The molecule has 2 aromatic rings. The van der Waals surface area contributed by atoms with Gasteiger partial charge in [-0.15, -0.1) is 0 Å². The molecular weight excluding hydrogens is 311 g/mol. The molecule has 0 atom stereocenters. The van der Waals surface area contributed by atoms with Crippen molar-refractivity contribution in [3.8, 4) is 0 Å². The third-order valence-electron chi connectivity index (χ3n) is 2.18. The Balaban J connectivity index is 2.38. The highest BCUT2D eigenvalue weighted by Gasteiger charge is 2.11. The van der Waals surface area contributed by atoms with E-state index >= 15 is 0 Å². The van der Waals surface area contributed by atoms with Gasteiger partial charge in [-0.2, -0.15) is 0 Å². The molecule has 0 amide bonds. The fourth-order valence-electron chi connectivity index (χ4n) is 1.33. The van der Waals surface area contributed by atoms with Crippen LogP contribution in [0.4, 0.5) is 5.82 Å². The molecule has 0 bridgehead atoms. The molecule has 0 aliphatic carbocycles. The van der Waals surface area contributed by atoms with E-state index in [0.29, 0.717) is 25.9 Å². The molecule has 1 N–H and O–H groups in total. The first kappa shape index (κ1) is 13.8. The summed E-state index contributed by atoms with van der Waals surface area (Å²) in [6.45, 7) is 0. The number of nitrogens with zero attached hydrogens (tertiary/aromatic N) is 1. The maximum atomic E-state index is 6.12. The van der Waals surface area contributed by atoms with Gasteiger partial charge in [-0.05, 0) is 18.2 Å². The number of benzene rings is 1. The molecule has 0 saturated heterocycles. The Hall–Kier alpha value is -0.610. The molecule has 1 aromatic heterocycles. The van der Waals surface area contributed by atoms with Gasteiger partial charge in [-0.3, -0.25) is 0 Å². The summed E-state index contributed by atoms with van der Waals surface area (Å²) in [5, 5.41) is 5.24. The predicted molar refractivity (Wildman–Crippen MR) is 79.4 cm³/mol. The van der Waals surface area contributed by atoms with Gasteiger partial charge in [0.25, 0.3) is 0 Å². The van der Waals surface area contributed by atoms with Gasteiger partial charge in [0.15, 0.2) is 0 Å². The topological polar surface area (TPSA) is 24.9 Å². The zero-order chi connectivity index (χ0) is 13.1. The molecule has 0 fully saturated rings. The minimum absolute atomic E-state index is 0.492. The number of halogens is 3. The van der Waals surface area contributed by atoms with Crippen LogP contribution in [0.2, 0.25) is 15.1 Å². The largest absolute Gasteiger partial charge is 0.372 e. The number of nitrogens with one attached hydrogen (secondary N) is 1. The highest BCUT2D eigenvalue weighted by atomic mass is 35.5. The van der Waals surface area contributed by atoms with Gasteiger partial charge in [-0.25, -0.2) is 4.98 Å². The molecule has 1 aromatic carbocycles. The number of hydrogen-bond acceptors (Lipinski definition) is 3. The molecule has 0 spiro atoms. The first-order valence-corrected chi connectivity index (χ1v) is 7.03. The Morgan fingerprint density at radius 3 is 2.44 bits per heavy atom. The normalized spacial score (nSPS) is 10.4. The number of pyridine rings is 1. The van der Waals surface area contributed by atoms with Gasteiger partial charge >= 0.3 is 0 Å². The van der Waals surface area contributed by atoms with Gasteiger partial charge in [0, 0.05) is 11.9 Å². The van der Waals surface area contributed by atoms with E-state index in [9.17, 15) is 0 Å². The molecule has 0 aliphatic heterocycles. The monoisotopic (exact) mass is 318 g/mol. The summed E-state index contributed by atoms with van der Waals surface area (Å²) < 4.78 is 0. The van der Waals surface area contributed by atoms with Crippen LogP contribution in [0.5, 0.6) is 0 Å². The summed E-state index contributed by atoms with van der Waals surface area (Å²) in [5.74, 6) is 0.593. The molecule has 94 valence electrons. The van der Waals surface area contributed by atoms with Crippen LogP contribution in [0.25, 0.3) is 0 Å². The molecule has 1 heterocycles. The maximum absolute atomic E-state index is 6.12. The summed E-state index contributed by atoms with van der Waals surface area (Å²) in [5.41, 5.74) is 0. The van der Waals surface area contributed by atoms with E-state index in [-0.39, 0.29) is 0 Å². The van der Waals surface area contributed by atoms with E-state index in [4.69, 9.17) is 34.8 Å². The highest BCUT2D eigenvalue weighted by molar-refractivity contribution is 7.99. The zero-order valence-electron chi connectivity index (χ0n) is 9.38. The molecule has 0 saturated carbocycles. The second kappa shape index (κ2) is 6.02. The lowest BCUT2D eigenvalue weighted by atomic mass is 10.4. The third-order valence-corrected chi connectivity index (χ3v) is 4.39. The Kier molecular flexibility index (Phi) is 4.62. The lowest BCUT2D eigenvalue weighted by molar-refractivity contribution is 1.13. The van der Waals surface area contributed by atoms with E-state index in [0.717, 1.165) is 4.90 Å². The minimum atomic E-state index is 0.492. The van der Waals surface area contributed by atoms with E-state index in [2.05, 4.69) is 10.3 Å². The molecular formula is C12H9Cl3N2S. The van der Waals surface area contributed by atoms with Crippen molar-refractivity contribution >= 4 is 52.4 Å². The van der Waals surface area contributed by atoms with Gasteiger partial charge in [0.1, 0.15) is 10.8 Å². The number of hydrogen-bond donors (Lipinski definition) is 1. The Labute approximate surface area is 125 Å². The van der Waals surface area contributed by atoms with Crippen LogP contribution in [0, 0.1) is 0 Å². The summed E-state index contributed by atoms with van der Waals surface area (Å²) in [7, 11) is 1.76. The van der Waals surface area contributed by atoms with Crippen molar-refractivity contribution in [3.63, 3.8) is 0 Å². The van der Waals surface area contributed by atoms with Gasteiger partial charge < -0.3 is 5.32 Å². The minimum Gasteiger partial charge on any atom is -0.372 e. The van der Waals surface area contributed by atoms with Crippen LogP contribution >= 0.6 is 46.6 Å². The summed E-state index contributed by atoms with van der Waals surface area (Å²) in [6, 6.07) is 9.20. The second-order valence-electron chi connectivity index (χ2n) is 3.39. The Bertz CT molecular complexity index is 575. The molecule has 6 heteroatoms. The van der Waals surface area contributed by atoms with Gasteiger partial charge in [0.2, 0.25) is 0 Å². The molecule has 0 radical (unpaired) electrons. The third kappa shape index (κ3) is 3.04. The quantitative estimate of drug-likeness (QED) is 0.838. The van der Waals surface area contributed by atoms with E-state index in [1.54, 1.807) is 13.1 Å². The average molecular weight is 320 g/mol. The lowest BCUT2D eigenvalue weighted by Crippen LogP contribution is -1.95. The van der Waals surface area contributed by atoms with E-state index < -0.39 is 0 Å². The Morgan fingerprint density at radius 1 is 1.06 bits per heavy atom. The molecule has 0 unspecified atom stereocenters. The van der Waals surface area contributed by atoms with E-state index in [1.807, 2.05) is 24.3 Å². The summed E-state index contributed by atoms with van der Waals surface area (Å²) in [6.07, 6.45) is 0. The SMILES string of the molecule is CNc1nc(Sc2ccccc2Cl)c(Cl)cc1Cl. The van der Waals surface area contributed by atoms with Crippen LogP contribution in [0.1, 0.15) is 0 Å². The molecule has 2 nitrogen and oxygen atoms in total.